The normalized spacial score (nSPS) is 11.8. The molecule has 128 valence electrons. The fourth-order valence-electron chi connectivity index (χ4n) is 2.18. The molecular formula is C18H19FO5. The number of halogens is 1. The van der Waals surface area contributed by atoms with Gasteiger partial charge in [-0.15, -0.1) is 0 Å². The Hall–Kier alpha value is -2.44. The van der Waals surface area contributed by atoms with Crippen molar-refractivity contribution in [1.82, 2.24) is 0 Å². The zero-order valence-corrected chi connectivity index (χ0v) is 13.5. The summed E-state index contributed by atoms with van der Waals surface area (Å²) < 4.78 is 29.3. The number of aliphatic hydroxyl groups is 1. The summed E-state index contributed by atoms with van der Waals surface area (Å²) in [5.74, 6) is -0.871. The van der Waals surface area contributed by atoms with Gasteiger partial charge in [0.25, 0.3) is 0 Å². The molecule has 0 aromatic heterocycles. The molecular weight excluding hydrogens is 315 g/mol. The number of carbonyl (C=O) groups excluding carboxylic acids is 1. The number of methoxy groups -OCH3 is 1. The van der Waals surface area contributed by atoms with Gasteiger partial charge < -0.3 is 19.3 Å². The molecule has 2 aromatic rings. The highest BCUT2D eigenvalue weighted by molar-refractivity contribution is 5.89. The first-order chi connectivity index (χ1) is 11.6. The Morgan fingerprint density at radius 1 is 1.21 bits per heavy atom. The molecule has 0 fully saturated rings. The molecule has 1 N–H and O–H groups in total. The second-order valence-electron chi connectivity index (χ2n) is 4.92. The minimum absolute atomic E-state index is 0.0167. The molecule has 0 bridgehead atoms. The smallest absolute Gasteiger partial charge is 0.337 e. The molecule has 0 radical (unpaired) electrons. The van der Waals surface area contributed by atoms with Crippen LogP contribution in [0.5, 0.6) is 5.75 Å². The number of hydrogen-bond donors (Lipinski definition) is 1. The third-order valence-corrected chi connectivity index (χ3v) is 3.44. The summed E-state index contributed by atoms with van der Waals surface area (Å²) in [5.41, 5.74) is 0.784. The minimum atomic E-state index is -1.24. The molecule has 6 heteroatoms. The summed E-state index contributed by atoms with van der Waals surface area (Å²) in [6.07, 6.45) is -1.24. The van der Waals surface area contributed by atoms with Crippen molar-refractivity contribution in [2.75, 3.05) is 20.5 Å². The summed E-state index contributed by atoms with van der Waals surface area (Å²) in [7, 11) is 1.28. The molecule has 1 unspecified atom stereocenters. The van der Waals surface area contributed by atoms with E-state index in [1.54, 1.807) is 6.07 Å². The lowest BCUT2D eigenvalue weighted by atomic mass is 9.99. The fourth-order valence-corrected chi connectivity index (χ4v) is 2.18. The molecule has 1 atom stereocenters. The summed E-state index contributed by atoms with van der Waals surface area (Å²) in [4.78, 5) is 11.4. The van der Waals surface area contributed by atoms with Gasteiger partial charge in [0.2, 0.25) is 0 Å². The van der Waals surface area contributed by atoms with E-state index in [2.05, 4.69) is 4.74 Å². The predicted molar refractivity (Wildman–Crippen MR) is 85.4 cm³/mol. The van der Waals surface area contributed by atoms with Crippen LogP contribution in [0.3, 0.4) is 0 Å². The number of carbonyl (C=O) groups is 1. The van der Waals surface area contributed by atoms with E-state index in [4.69, 9.17) is 9.47 Å². The summed E-state index contributed by atoms with van der Waals surface area (Å²) in [6.45, 7) is 2.23. The van der Waals surface area contributed by atoms with Gasteiger partial charge in [0.15, 0.2) is 6.79 Å². The number of benzene rings is 2. The van der Waals surface area contributed by atoms with Gasteiger partial charge in [-0.1, -0.05) is 18.2 Å². The maximum Gasteiger partial charge on any atom is 0.337 e. The van der Waals surface area contributed by atoms with E-state index in [0.29, 0.717) is 17.7 Å². The van der Waals surface area contributed by atoms with Crippen molar-refractivity contribution in [3.63, 3.8) is 0 Å². The van der Waals surface area contributed by atoms with Gasteiger partial charge in [0.1, 0.15) is 17.7 Å². The van der Waals surface area contributed by atoms with E-state index in [-0.39, 0.29) is 18.1 Å². The molecule has 0 spiro atoms. The molecule has 5 nitrogen and oxygen atoms in total. The topological polar surface area (TPSA) is 65.0 Å². The molecule has 0 saturated heterocycles. The highest BCUT2D eigenvalue weighted by atomic mass is 19.1. The minimum Gasteiger partial charge on any atom is -0.467 e. The Bertz CT molecular complexity index is 684. The quantitative estimate of drug-likeness (QED) is 0.479. The lowest BCUT2D eigenvalue weighted by Gasteiger charge is -2.17. The monoisotopic (exact) mass is 334 g/mol. The van der Waals surface area contributed by atoms with Gasteiger partial charge in [-0.05, 0) is 36.8 Å². The molecule has 2 aromatic carbocycles. The number of aliphatic hydroxyl groups excluding tert-OH is 1. The average Bonchev–Trinajstić information content (AvgIpc) is 2.61. The Labute approximate surface area is 139 Å². The zero-order valence-electron chi connectivity index (χ0n) is 13.5. The van der Waals surface area contributed by atoms with E-state index in [1.807, 2.05) is 6.92 Å². The second-order valence-corrected chi connectivity index (χ2v) is 4.92. The van der Waals surface area contributed by atoms with Crippen LogP contribution in [0.1, 0.15) is 34.5 Å². The van der Waals surface area contributed by atoms with E-state index >= 15 is 0 Å². The van der Waals surface area contributed by atoms with Gasteiger partial charge in [0, 0.05) is 6.61 Å². The average molecular weight is 334 g/mol. The zero-order chi connectivity index (χ0) is 17.5. The van der Waals surface area contributed by atoms with Crippen molar-refractivity contribution in [2.24, 2.45) is 0 Å². The van der Waals surface area contributed by atoms with E-state index in [0.717, 1.165) is 0 Å². The first-order valence-electron chi connectivity index (χ1n) is 7.43. The van der Waals surface area contributed by atoms with E-state index < -0.39 is 17.9 Å². The molecule has 0 heterocycles. The first kappa shape index (κ1) is 17.9. The SMILES string of the molecule is CCOCOc1cccc(F)c1C(O)c1ccc(C(=O)OC)cc1. The molecule has 0 saturated carbocycles. The summed E-state index contributed by atoms with van der Waals surface area (Å²) in [5, 5.41) is 10.5. The van der Waals surface area contributed by atoms with Crippen LogP contribution in [0.15, 0.2) is 42.5 Å². The predicted octanol–water partition coefficient (Wildman–Crippen LogP) is 3.07. The number of esters is 1. The third kappa shape index (κ3) is 4.10. The second kappa shape index (κ2) is 8.42. The summed E-state index contributed by atoms with van der Waals surface area (Å²) >= 11 is 0. The van der Waals surface area contributed by atoms with Crippen molar-refractivity contribution in [1.29, 1.82) is 0 Å². The number of ether oxygens (including phenoxy) is 3. The lowest BCUT2D eigenvalue weighted by molar-refractivity contribution is 0.0204. The molecule has 0 aliphatic carbocycles. The lowest BCUT2D eigenvalue weighted by Crippen LogP contribution is -2.09. The van der Waals surface area contributed by atoms with Crippen molar-refractivity contribution in [3.8, 4) is 5.75 Å². The van der Waals surface area contributed by atoms with Crippen molar-refractivity contribution in [3.05, 3.63) is 65.0 Å². The van der Waals surface area contributed by atoms with Crippen LogP contribution in [0.4, 0.5) is 4.39 Å². The van der Waals surface area contributed by atoms with Crippen LogP contribution in [0.25, 0.3) is 0 Å². The molecule has 0 aliphatic rings. The van der Waals surface area contributed by atoms with Gasteiger partial charge in [0.05, 0.1) is 18.2 Å². The highest BCUT2D eigenvalue weighted by Gasteiger charge is 2.20. The van der Waals surface area contributed by atoms with Crippen LogP contribution in [-0.2, 0) is 9.47 Å². The molecule has 0 amide bonds. The largest absolute Gasteiger partial charge is 0.467 e. The summed E-state index contributed by atoms with van der Waals surface area (Å²) in [6, 6.07) is 10.4. The molecule has 2 rings (SSSR count). The Morgan fingerprint density at radius 3 is 2.54 bits per heavy atom. The van der Waals surface area contributed by atoms with Crippen LogP contribution in [0.2, 0.25) is 0 Å². The highest BCUT2D eigenvalue weighted by Crippen LogP contribution is 2.32. The van der Waals surface area contributed by atoms with Gasteiger partial charge >= 0.3 is 5.97 Å². The number of hydrogen-bond acceptors (Lipinski definition) is 5. The first-order valence-corrected chi connectivity index (χ1v) is 7.43. The van der Waals surface area contributed by atoms with Gasteiger partial charge in [-0.3, -0.25) is 0 Å². The van der Waals surface area contributed by atoms with E-state index in [9.17, 15) is 14.3 Å². The Morgan fingerprint density at radius 2 is 1.92 bits per heavy atom. The van der Waals surface area contributed by atoms with E-state index in [1.165, 1.54) is 43.5 Å². The van der Waals surface area contributed by atoms with Crippen molar-refractivity contribution < 1.29 is 28.5 Å². The van der Waals surface area contributed by atoms with Crippen LogP contribution in [0, 0.1) is 5.82 Å². The Balaban J connectivity index is 2.28. The van der Waals surface area contributed by atoms with Crippen molar-refractivity contribution >= 4 is 5.97 Å². The fraction of sp³-hybridized carbons (Fsp3) is 0.278. The van der Waals surface area contributed by atoms with Crippen LogP contribution in [-0.4, -0.2) is 31.6 Å². The Kier molecular flexibility index (Phi) is 6.28. The standard InChI is InChI=1S/C18H19FO5/c1-3-23-11-24-15-6-4-5-14(19)16(15)17(20)12-7-9-13(10-8-12)18(21)22-2/h4-10,17,20H,3,11H2,1-2H3. The number of rotatable bonds is 7. The maximum atomic E-state index is 14.2. The van der Waals surface area contributed by atoms with Gasteiger partial charge in [-0.25, -0.2) is 9.18 Å². The van der Waals surface area contributed by atoms with Crippen LogP contribution < -0.4 is 4.74 Å². The molecule has 0 aliphatic heterocycles. The van der Waals surface area contributed by atoms with Crippen LogP contribution >= 0.6 is 0 Å². The van der Waals surface area contributed by atoms with Crippen molar-refractivity contribution in [2.45, 2.75) is 13.0 Å². The third-order valence-electron chi connectivity index (χ3n) is 3.44. The van der Waals surface area contributed by atoms with Gasteiger partial charge in [-0.2, -0.15) is 0 Å². The molecule has 24 heavy (non-hydrogen) atoms. The maximum absolute atomic E-state index is 14.2.